The third kappa shape index (κ3) is 3.19. The summed E-state index contributed by atoms with van der Waals surface area (Å²) in [7, 11) is 0. The summed E-state index contributed by atoms with van der Waals surface area (Å²) in [4.78, 5) is 23.2. The second kappa shape index (κ2) is 6.07. The van der Waals surface area contributed by atoms with Crippen molar-refractivity contribution >= 4 is 11.8 Å². The summed E-state index contributed by atoms with van der Waals surface area (Å²) in [6.07, 6.45) is 0. The molecule has 1 aromatic carbocycles. The van der Waals surface area contributed by atoms with Gasteiger partial charge in [0.15, 0.2) is 12.7 Å². The van der Waals surface area contributed by atoms with E-state index in [4.69, 9.17) is 10.2 Å². The number of amides is 2. The van der Waals surface area contributed by atoms with Crippen LogP contribution in [0.15, 0.2) is 28.7 Å². The maximum absolute atomic E-state index is 13.5. The normalized spacial score (nSPS) is 11.9. The number of hydrogen-bond donors (Lipinski definition) is 2. The van der Waals surface area contributed by atoms with Gasteiger partial charge in [-0.2, -0.15) is 0 Å². The summed E-state index contributed by atoms with van der Waals surface area (Å²) in [5.41, 5.74) is 4.83. The molecule has 0 bridgehead atoms. The highest BCUT2D eigenvalue weighted by Gasteiger charge is 2.27. The third-order valence-electron chi connectivity index (χ3n) is 2.52. The fourth-order valence-electron chi connectivity index (χ4n) is 1.55. The van der Waals surface area contributed by atoms with Crippen molar-refractivity contribution in [3.8, 4) is 0 Å². The standard InChI is InChI=1S/C12H10F2N4O3/c13-5-8-17-18-12(21-8)9(10(15)19)16-11(20)6-3-1-2-4-7(6)14/h1-4,9H,5H2,(H2,15,19)(H,16,20). The van der Waals surface area contributed by atoms with Crippen molar-refractivity contribution in [2.24, 2.45) is 5.73 Å². The molecule has 21 heavy (non-hydrogen) atoms. The van der Waals surface area contributed by atoms with Gasteiger partial charge in [-0.15, -0.1) is 10.2 Å². The van der Waals surface area contributed by atoms with Gasteiger partial charge in [0.05, 0.1) is 5.56 Å². The van der Waals surface area contributed by atoms with E-state index in [-0.39, 0.29) is 17.3 Å². The van der Waals surface area contributed by atoms with E-state index in [0.29, 0.717) is 0 Å². The molecule has 110 valence electrons. The van der Waals surface area contributed by atoms with Crippen molar-refractivity contribution in [1.29, 1.82) is 0 Å². The highest BCUT2D eigenvalue weighted by molar-refractivity contribution is 5.97. The van der Waals surface area contributed by atoms with E-state index in [9.17, 15) is 18.4 Å². The summed E-state index contributed by atoms with van der Waals surface area (Å²) < 4.78 is 30.6. The molecule has 2 aromatic rings. The summed E-state index contributed by atoms with van der Waals surface area (Å²) in [5.74, 6) is -3.41. The van der Waals surface area contributed by atoms with Crippen LogP contribution < -0.4 is 11.1 Å². The van der Waals surface area contributed by atoms with Crippen molar-refractivity contribution in [1.82, 2.24) is 15.5 Å². The van der Waals surface area contributed by atoms with Crippen LogP contribution in [0.5, 0.6) is 0 Å². The molecule has 0 saturated carbocycles. The molecule has 2 rings (SSSR count). The lowest BCUT2D eigenvalue weighted by molar-refractivity contribution is -0.120. The fraction of sp³-hybridized carbons (Fsp3) is 0.167. The first-order valence-electron chi connectivity index (χ1n) is 5.76. The molecule has 1 unspecified atom stereocenters. The molecule has 7 nitrogen and oxygen atoms in total. The summed E-state index contributed by atoms with van der Waals surface area (Å²) >= 11 is 0. The van der Waals surface area contributed by atoms with E-state index in [1.165, 1.54) is 18.2 Å². The first-order valence-corrected chi connectivity index (χ1v) is 5.76. The first-order chi connectivity index (χ1) is 10.0. The Bertz CT molecular complexity index is 674. The maximum atomic E-state index is 13.5. The molecule has 9 heteroatoms. The van der Waals surface area contributed by atoms with Gasteiger partial charge in [-0.25, -0.2) is 8.78 Å². The lowest BCUT2D eigenvalue weighted by atomic mass is 10.1. The second-order valence-electron chi connectivity index (χ2n) is 3.96. The number of aromatic nitrogens is 2. The van der Waals surface area contributed by atoms with Crippen LogP contribution in [-0.4, -0.2) is 22.0 Å². The van der Waals surface area contributed by atoms with E-state index in [0.717, 1.165) is 6.07 Å². The number of carbonyl (C=O) groups is 2. The summed E-state index contributed by atoms with van der Waals surface area (Å²) in [5, 5.41) is 8.88. The van der Waals surface area contributed by atoms with Crippen LogP contribution in [0.4, 0.5) is 8.78 Å². The molecular formula is C12H10F2N4O3. The zero-order valence-electron chi connectivity index (χ0n) is 10.5. The zero-order chi connectivity index (χ0) is 15.4. The van der Waals surface area contributed by atoms with Crippen molar-refractivity contribution in [3.05, 3.63) is 47.4 Å². The molecule has 0 aliphatic rings. The Morgan fingerprint density at radius 3 is 2.62 bits per heavy atom. The predicted octanol–water partition coefficient (Wildman–Crippen LogP) is 0.635. The molecule has 2 amide bonds. The van der Waals surface area contributed by atoms with Gasteiger partial charge < -0.3 is 15.5 Å². The van der Waals surface area contributed by atoms with Crippen molar-refractivity contribution in [2.45, 2.75) is 12.7 Å². The molecule has 1 heterocycles. The summed E-state index contributed by atoms with van der Waals surface area (Å²) in [6, 6.07) is 3.69. The van der Waals surface area contributed by atoms with E-state index in [1.807, 2.05) is 0 Å². The Morgan fingerprint density at radius 2 is 2.05 bits per heavy atom. The average Bonchev–Trinajstić information content (AvgIpc) is 2.93. The topological polar surface area (TPSA) is 111 Å². The zero-order valence-corrected chi connectivity index (χ0v) is 10.5. The minimum Gasteiger partial charge on any atom is -0.420 e. The molecule has 0 aliphatic carbocycles. The van der Waals surface area contributed by atoms with Crippen LogP contribution in [0.3, 0.4) is 0 Å². The van der Waals surface area contributed by atoms with Crippen LogP contribution in [0.2, 0.25) is 0 Å². The predicted molar refractivity (Wildman–Crippen MR) is 64.9 cm³/mol. The lowest BCUT2D eigenvalue weighted by Gasteiger charge is -2.11. The number of rotatable bonds is 5. The number of nitrogens with one attached hydrogen (secondary N) is 1. The van der Waals surface area contributed by atoms with Crippen LogP contribution >= 0.6 is 0 Å². The Labute approximate surface area is 117 Å². The van der Waals surface area contributed by atoms with Crippen molar-refractivity contribution in [3.63, 3.8) is 0 Å². The number of benzene rings is 1. The molecular weight excluding hydrogens is 286 g/mol. The third-order valence-corrected chi connectivity index (χ3v) is 2.52. The monoisotopic (exact) mass is 296 g/mol. The minimum absolute atomic E-state index is 0.283. The van der Waals surface area contributed by atoms with E-state index >= 15 is 0 Å². The van der Waals surface area contributed by atoms with Crippen LogP contribution in [0.1, 0.15) is 28.2 Å². The molecule has 1 atom stereocenters. The largest absolute Gasteiger partial charge is 0.420 e. The molecule has 0 radical (unpaired) electrons. The highest BCUT2D eigenvalue weighted by Crippen LogP contribution is 2.14. The van der Waals surface area contributed by atoms with Gasteiger partial charge in [0.25, 0.3) is 5.91 Å². The van der Waals surface area contributed by atoms with Gasteiger partial charge in [-0.1, -0.05) is 12.1 Å². The van der Waals surface area contributed by atoms with E-state index in [2.05, 4.69) is 15.5 Å². The Hall–Kier alpha value is -2.84. The van der Waals surface area contributed by atoms with Gasteiger partial charge in [0.2, 0.25) is 17.7 Å². The van der Waals surface area contributed by atoms with Crippen LogP contribution in [0, 0.1) is 5.82 Å². The molecule has 0 saturated heterocycles. The van der Waals surface area contributed by atoms with Crippen molar-refractivity contribution in [2.75, 3.05) is 0 Å². The quantitative estimate of drug-likeness (QED) is 0.840. The number of nitrogens with two attached hydrogens (primary N) is 1. The number of alkyl halides is 1. The molecule has 1 aromatic heterocycles. The van der Waals surface area contributed by atoms with Gasteiger partial charge in [0.1, 0.15) is 5.82 Å². The highest BCUT2D eigenvalue weighted by atomic mass is 19.1. The Balaban J connectivity index is 2.23. The second-order valence-corrected chi connectivity index (χ2v) is 3.96. The van der Waals surface area contributed by atoms with Gasteiger partial charge in [-0.05, 0) is 12.1 Å². The lowest BCUT2D eigenvalue weighted by Crippen LogP contribution is -2.38. The van der Waals surface area contributed by atoms with E-state index in [1.54, 1.807) is 0 Å². The van der Waals surface area contributed by atoms with Gasteiger partial charge in [0, 0.05) is 0 Å². The maximum Gasteiger partial charge on any atom is 0.255 e. The Kier molecular flexibility index (Phi) is 4.21. The number of halogens is 2. The average molecular weight is 296 g/mol. The van der Waals surface area contributed by atoms with Crippen LogP contribution in [0.25, 0.3) is 0 Å². The molecule has 3 N–H and O–H groups in total. The van der Waals surface area contributed by atoms with Gasteiger partial charge in [-0.3, -0.25) is 9.59 Å². The number of nitrogens with zero attached hydrogens (tertiary/aromatic N) is 2. The van der Waals surface area contributed by atoms with Crippen LogP contribution in [-0.2, 0) is 11.5 Å². The molecule has 0 spiro atoms. The summed E-state index contributed by atoms with van der Waals surface area (Å²) in [6.45, 7) is -1.03. The number of primary amides is 1. The number of hydrogen-bond acceptors (Lipinski definition) is 5. The SMILES string of the molecule is NC(=O)C(NC(=O)c1ccccc1F)c1nnc(CF)o1. The fourth-order valence-corrected chi connectivity index (χ4v) is 1.55. The number of carbonyl (C=O) groups excluding carboxylic acids is 2. The Morgan fingerprint density at radius 1 is 1.33 bits per heavy atom. The molecule has 0 aliphatic heterocycles. The van der Waals surface area contributed by atoms with Gasteiger partial charge >= 0.3 is 0 Å². The molecule has 0 fully saturated rings. The van der Waals surface area contributed by atoms with Crippen molar-refractivity contribution < 1.29 is 22.8 Å². The minimum atomic E-state index is -1.48. The first kappa shape index (κ1) is 14.6. The smallest absolute Gasteiger partial charge is 0.255 e. The van der Waals surface area contributed by atoms with E-state index < -0.39 is 30.3 Å².